The molecule has 0 amide bonds. The number of guanidine groups is 1. The summed E-state index contributed by atoms with van der Waals surface area (Å²) < 4.78 is 42.3. The summed E-state index contributed by atoms with van der Waals surface area (Å²) in [6.07, 6.45) is 0.570. The zero-order valence-corrected chi connectivity index (χ0v) is 21.3. The summed E-state index contributed by atoms with van der Waals surface area (Å²) in [5, 5.41) is 18.6. The van der Waals surface area contributed by atoms with Crippen molar-refractivity contribution in [1.82, 2.24) is 10.4 Å². The Kier molecular flexibility index (Phi) is 11.6. The van der Waals surface area contributed by atoms with Crippen LogP contribution in [-0.4, -0.2) is 34.8 Å². The van der Waals surface area contributed by atoms with E-state index in [1.54, 1.807) is 13.0 Å². The number of anilines is 1. The number of hydrazine groups is 1. The van der Waals surface area contributed by atoms with E-state index in [0.717, 1.165) is 37.7 Å². The number of nitrogens with zero attached hydrogens (tertiary/aromatic N) is 2. The van der Waals surface area contributed by atoms with Crippen molar-refractivity contribution < 1.29 is 27.8 Å². The molecule has 0 aliphatic carbocycles. The Morgan fingerprint density at radius 2 is 1.78 bits per heavy atom. The van der Waals surface area contributed by atoms with E-state index in [4.69, 9.17) is 15.9 Å². The number of ether oxygens (including phenoxy) is 1. The van der Waals surface area contributed by atoms with Crippen LogP contribution in [0.15, 0.2) is 36.4 Å². The van der Waals surface area contributed by atoms with Gasteiger partial charge in [-0.05, 0) is 56.5 Å². The number of aromatic carboxylic acids is 1. The average Bonchev–Trinajstić information content (AvgIpc) is 2.82. The molecule has 1 aromatic carbocycles. The molecule has 0 aliphatic rings. The fourth-order valence-electron chi connectivity index (χ4n) is 3.82. The van der Waals surface area contributed by atoms with Crippen molar-refractivity contribution >= 4 is 17.6 Å². The largest absolute Gasteiger partial charge is 0.494 e. The number of nitrogens with two attached hydrogens (primary N) is 1. The number of aryl methyl sites for hydroxylation is 1. The lowest BCUT2D eigenvalue weighted by Gasteiger charge is -2.28. The Hall–Kier alpha value is -3.34. The quantitative estimate of drug-likeness (QED) is 0.0960. The maximum atomic E-state index is 12.1. The number of alkyl halides is 3. The number of carbonyl (C=O) groups is 1. The molecule has 1 heterocycles. The molecule has 0 bridgehead atoms. The summed E-state index contributed by atoms with van der Waals surface area (Å²) in [5.41, 5.74) is 10.5. The molecule has 0 fully saturated rings. The van der Waals surface area contributed by atoms with Gasteiger partial charge in [0.15, 0.2) is 5.69 Å². The molecule has 0 aliphatic heterocycles. The summed E-state index contributed by atoms with van der Waals surface area (Å²) in [6.45, 7) is 4.08. The fourth-order valence-corrected chi connectivity index (χ4v) is 3.82. The van der Waals surface area contributed by atoms with Crippen molar-refractivity contribution in [3.05, 3.63) is 53.3 Å². The van der Waals surface area contributed by atoms with Crippen LogP contribution in [0.5, 0.6) is 5.75 Å². The maximum Gasteiger partial charge on any atom is 0.389 e. The standard InChI is InChI=1S/C26H36F3N5O3/c1-18-15-21(17-23(32-18)24(35)36)34(25(30)31)33-19(2)20-11-10-12-22(16-20)37-14-9-7-5-3-4-6-8-13-26(27,28)29/h10-12,15-17,19,33H,3-9,13-14H2,1-2H3,(H3,30,31)(H,35,36). The van der Waals surface area contributed by atoms with Gasteiger partial charge in [-0.2, -0.15) is 13.2 Å². The van der Waals surface area contributed by atoms with Crippen LogP contribution in [0.1, 0.15) is 86.1 Å². The third-order valence-electron chi connectivity index (χ3n) is 5.71. The molecular weight excluding hydrogens is 487 g/mol. The van der Waals surface area contributed by atoms with Gasteiger partial charge >= 0.3 is 12.1 Å². The highest BCUT2D eigenvalue weighted by Gasteiger charge is 2.25. The molecule has 0 spiro atoms. The molecule has 204 valence electrons. The first-order chi connectivity index (χ1) is 17.5. The number of halogens is 3. The number of hydrogen-bond donors (Lipinski definition) is 4. The van der Waals surface area contributed by atoms with Gasteiger partial charge in [-0.25, -0.2) is 20.2 Å². The van der Waals surface area contributed by atoms with Gasteiger partial charge in [0.1, 0.15) is 5.75 Å². The van der Waals surface area contributed by atoms with Gasteiger partial charge in [-0.1, -0.05) is 44.2 Å². The number of hydrogen-bond acceptors (Lipinski definition) is 5. The molecule has 0 saturated carbocycles. The predicted molar refractivity (Wildman–Crippen MR) is 137 cm³/mol. The lowest BCUT2D eigenvalue weighted by Crippen LogP contribution is -2.48. The lowest BCUT2D eigenvalue weighted by molar-refractivity contribution is -0.135. The highest BCUT2D eigenvalue weighted by molar-refractivity contribution is 5.93. The van der Waals surface area contributed by atoms with Gasteiger partial charge in [-0.15, -0.1) is 0 Å². The minimum atomic E-state index is -4.06. The zero-order chi connectivity index (χ0) is 27.4. The summed E-state index contributed by atoms with van der Waals surface area (Å²) in [6, 6.07) is 10.2. The Morgan fingerprint density at radius 1 is 1.14 bits per heavy atom. The molecule has 1 atom stereocenters. The SMILES string of the molecule is Cc1cc(N(NC(C)c2cccc(OCCCCCCCCCC(F)(F)F)c2)C(=N)N)cc(C(=O)O)n1. The summed E-state index contributed by atoms with van der Waals surface area (Å²) >= 11 is 0. The predicted octanol–water partition coefficient (Wildman–Crippen LogP) is 6.12. The van der Waals surface area contributed by atoms with Gasteiger partial charge in [-0.3, -0.25) is 5.41 Å². The molecule has 0 saturated heterocycles. The first-order valence-corrected chi connectivity index (χ1v) is 12.4. The van der Waals surface area contributed by atoms with Crippen LogP contribution in [0, 0.1) is 12.3 Å². The van der Waals surface area contributed by atoms with Gasteiger partial charge in [0.25, 0.3) is 0 Å². The van der Waals surface area contributed by atoms with Crippen molar-refractivity contribution in [2.45, 2.75) is 77.4 Å². The Labute approximate surface area is 215 Å². The first-order valence-electron chi connectivity index (χ1n) is 12.4. The van der Waals surface area contributed by atoms with Crippen LogP contribution >= 0.6 is 0 Å². The number of unbranched alkanes of at least 4 members (excludes halogenated alkanes) is 6. The van der Waals surface area contributed by atoms with Crippen LogP contribution in [0.2, 0.25) is 0 Å². The van der Waals surface area contributed by atoms with Crippen LogP contribution in [-0.2, 0) is 0 Å². The molecule has 5 N–H and O–H groups in total. The Balaban J connectivity index is 1.82. The van der Waals surface area contributed by atoms with E-state index in [2.05, 4.69) is 10.4 Å². The topological polar surface area (TPSA) is 125 Å². The highest BCUT2D eigenvalue weighted by Crippen LogP contribution is 2.24. The molecule has 0 radical (unpaired) electrons. The Bertz CT molecular complexity index is 1030. The molecule has 11 heteroatoms. The minimum absolute atomic E-state index is 0.146. The lowest BCUT2D eigenvalue weighted by atomic mass is 10.1. The van der Waals surface area contributed by atoms with Crippen molar-refractivity contribution in [3.8, 4) is 5.75 Å². The van der Waals surface area contributed by atoms with Crippen molar-refractivity contribution in [2.24, 2.45) is 5.73 Å². The van der Waals surface area contributed by atoms with E-state index in [1.165, 1.54) is 11.1 Å². The second kappa shape index (κ2) is 14.4. The van der Waals surface area contributed by atoms with E-state index in [1.807, 2.05) is 31.2 Å². The van der Waals surface area contributed by atoms with E-state index in [9.17, 15) is 23.1 Å². The van der Waals surface area contributed by atoms with Gasteiger partial charge in [0, 0.05) is 18.2 Å². The third kappa shape index (κ3) is 11.1. The molecule has 8 nitrogen and oxygen atoms in total. The first kappa shape index (κ1) is 29.9. The van der Waals surface area contributed by atoms with Gasteiger partial charge in [0.2, 0.25) is 5.96 Å². The molecule has 2 aromatic rings. The average molecular weight is 524 g/mol. The molecular formula is C26H36F3N5O3. The van der Waals surface area contributed by atoms with E-state index < -0.39 is 18.6 Å². The number of nitrogens with one attached hydrogen (secondary N) is 2. The molecule has 37 heavy (non-hydrogen) atoms. The van der Waals surface area contributed by atoms with Gasteiger partial charge in [0.05, 0.1) is 12.3 Å². The van der Waals surface area contributed by atoms with Crippen LogP contribution in [0.25, 0.3) is 0 Å². The summed E-state index contributed by atoms with van der Waals surface area (Å²) in [5.74, 6) is -0.783. The summed E-state index contributed by atoms with van der Waals surface area (Å²) in [4.78, 5) is 15.3. The number of pyridine rings is 1. The highest BCUT2D eigenvalue weighted by atomic mass is 19.4. The van der Waals surface area contributed by atoms with Crippen LogP contribution < -0.4 is 20.9 Å². The number of aromatic nitrogens is 1. The number of carboxylic acid groups (broad SMARTS) is 1. The van der Waals surface area contributed by atoms with Crippen molar-refractivity contribution in [2.75, 3.05) is 11.6 Å². The second-order valence-corrected chi connectivity index (χ2v) is 8.99. The van der Waals surface area contributed by atoms with E-state index in [0.29, 0.717) is 30.2 Å². The fraction of sp³-hybridized carbons (Fsp3) is 0.500. The molecule has 2 rings (SSSR count). The number of benzene rings is 1. The third-order valence-corrected chi connectivity index (χ3v) is 5.71. The van der Waals surface area contributed by atoms with Crippen molar-refractivity contribution in [1.29, 1.82) is 5.41 Å². The number of rotatable bonds is 15. The number of carboxylic acids is 1. The maximum absolute atomic E-state index is 12.1. The van der Waals surface area contributed by atoms with Gasteiger partial charge < -0.3 is 15.6 Å². The Morgan fingerprint density at radius 3 is 2.41 bits per heavy atom. The smallest absolute Gasteiger partial charge is 0.389 e. The van der Waals surface area contributed by atoms with Crippen molar-refractivity contribution in [3.63, 3.8) is 0 Å². The van der Waals surface area contributed by atoms with Crippen LogP contribution in [0.3, 0.4) is 0 Å². The molecule has 1 unspecified atom stereocenters. The molecule has 1 aromatic heterocycles. The minimum Gasteiger partial charge on any atom is -0.494 e. The second-order valence-electron chi connectivity index (χ2n) is 8.99. The normalized spacial score (nSPS) is 12.2. The van der Waals surface area contributed by atoms with E-state index in [-0.39, 0.29) is 24.1 Å². The monoisotopic (exact) mass is 523 g/mol. The van der Waals surface area contributed by atoms with E-state index >= 15 is 0 Å². The van der Waals surface area contributed by atoms with Crippen LogP contribution in [0.4, 0.5) is 18.9 Å². The zero-order valence-electron chi connectivity index (χ0n) is 21.3. The summed E-state index contributed by atoms with van der Waals surface area (Å²) in [7, 11) is 0.